The maximum Gasteiger partial charge on any atom is 0.281 e. The highest BCUT2D eigenvalue weighted by Crippen LogP contribution is 2.21. The summed E-state index contributed by atoms with van der Waals surface area (Å²) in [6.45, 7) is 3.01. The Hall–Kier alpha value is -0.170. The number of hydrogen-bond acceptors (Lipinski definition) is 3. The smallest absolute Gasteiger partial charge is 0.281 e. The molecule has 1 aliphatic rings. The zero-order valence-corrected chi connectivity index (χ0v) is 9.84. The minimum Gasteiger partial charge on any atom is -0.325 e. The Morgan fingerprint density at radius 3 is 2.07 bits per heavy atom. The molecule has 0 atom stereocenters. The number of nitrogens with zero attached hydrogens (tertiary/aromatic N) is 2. The van der Waals surface area contributed by atoms with Crippen LogP contribution in [-0.4, -0.2) is 49.8 Å². The van der Waals surface area contributed by atoms with Gasteiger partial charge in [0.05, 0.1) is 0 Å². The molecule has 84 valence electrons. The Morgan fingerprint density at radius 2 is 1.71 bits per heavy atom. The van der Waals surface area contributed by atoms with E-state index in [1.807, 2.05) is 6.92 Å². The SMILES string of the molecule is CN(C)S(=O)(=O)N1CCC(C)(N)CC1. The second-order valence-electron chi connectivity index (χ2n) is 4.34. The molecule has 0 aliphatic carbocycles. The molecule has 6 heteroatoms. The molecular weight excluding hydrogens is 202 g/mol. The summed E-state index contributed by atoms with van der Waals surface area (Å²) in [6, 6.07) is 0. The first kappa shape index (κ1) is 11.9. The van der Waals surface area contributed by atoms with Gasteiger partial charge in [0.2, 0.25) is 0 Å². The third-order valence-corrected chi connectivity index (χ3v) is 4.59. The average molecular weight is 221 g/mol. The van der Waals surface area contributed by atoms with Crippen molar-refractivity contribution in [2.75, 3.05) is 27.2 Å². The van der Waals surface area contributed by atoms with Gasteiger partial charge in [-0.2, -0.15) is 17.0 Å². The molecule has 0 aromatic heterocycles. The van der Waals surface area contributed by atoms with Crippen LogP contribution in [0.3, 0.4) is 0 Å². The lowest BCUT2D eigenvalue weighted by Crippen LogP contribution is -2.52. The molecule has 14 heavy (non-hydrogen) atoms. The lowest BCUT2D eigenvalue weighted by molar-refractivity contribution is 0.243. The van der Waals surface area contributed by atoms with Crippen molar-refractivity contribution in [2.45, 2.75) is 25.3 Å². The van der Waals surface area contributed by atoms with Gasteiger partial charge in [0, 0.05) is 32.7 Å². The number of nitrogens with two attached hydrogens (primary N) is 1. The van der Waals surface area contributed by atoms with Gasteiger partial charge in [-0.25, -0.2) is 0 Å². The Kier molecular flexibility index (Phi) is 3.20. The van der Waals surface area contributed by atoms with Crippen molar-refractivity contribution in [1.82, 2.24) is 8.61 Å². The highest BCUT2D eigenvalue weighted by atomic mass is 32.2. The van der Waals surface area contributed by atoms with E-state index >= 15 is 0 Å². The Labute approximate surface area is 86.0 Å². The highest BCUT2D eigenvalue weighted by molar-refractivity contribution is 7.86. The maximum absolute atomic E-state index is 11.7. The summed E-state index contributed by atoms with van der Waals surface area (Å²) in [5, 5.41) is 0. The fraction of sp³-hybridized carbons (Fsp3) is 1.00. The highest BCUT2D eigenvalue weighted by Gasteiger charge is 2.32. The normalized spacial score (nSPS) is 24.1. The molecule has 5 nitrogen and oxygen atoms in total. The first-order valence-corrected chi connectivity index (χ1v) is 6.12. The van der Waals surface area contributed by atoms with Gasteiger partial charge in [-0.1, -0.05) is 0 Å². The Bertz CT molecular complexity index is 288. The van der Waals surface area contributed by atoms with Crippen molar-refractivity contribution in [2.24, 2.45) is 5.73 Å². The van der Waals surface area contributed by atoms with Crippen LogP contribution in [0.25, 0.3) is 0 Å². The fourth-order valence-electron chi connectivity index (χ4n) is 1.46. The van der Waals surface area contributed by atoms with Gasteiger partial charge in [-0.05, 0) is 19.8 Å². The fourth-order valence-corrected chi connectivity index (χ4v) is 2.56. The van der Waals surface area contributed by atoms with Gasteiger partial charge in [0.15, 0.2) is 0 Å². The summed E-state index contributed by atoms with van der Waals surface area (Å²) in [6.07, 6.45) is 1.44. The molecule has 1 fully saturated rings. The average Bonchev–Trinajstić information content (AvgIpc) is 2.03. The lowest BCUT2D eigenvalue weighted by Gasteiger charge is -2.36. The summed E-state index contributed by atoms with van der Waals surface area (Å²) >= 11 is 0. The molecule has 1 rings (SSSR count). The zero-order valence-electron chi connectivity index (χ0n) is 9.02. The standard InChI is InChI=1S/C8H19N3O2S/c1-8(9)4-6-11(7-5-8)14(12,13)10(2)3/h4-7,9H2,1-3H3. The van der Waals surface area contributed by atoms with Gasteiger partial charge in [-0.15, -0.1) is 0 Å². The van der Waals surface area contributed by atoms with Crippen LogP contribution in [-0.2, 0) is 10.2 Å². The molecule has 0 aromatic rings. The second kappa shape index (κ2) is 3.77. The first-order chi connectivity index (χ1) is 6.26. The van der Waals surface area contributed by atoms with Crippen LogP contribution in [0.5, 0.6) is 0 Å². The van der Waals surface area contributed by atoms with Crippen LogP contribution in [0.4, 0.5) is 0 Å². The second-order valence-corrected chi connectivity index (χ2v) is 6.49. The quantitative estimate of drug-likeness (QED) is 0.690. The molecule has 0 saturated carbocycles. The molecular formula is C8H19N3O2S. The Balaban J connectivity index is 2.68. The van der Waals surface area contributed by atoms with E-state index in [0.29, 0.717) is 13.1 Å². The number of rotatable bonds is 2. The van der Waals surface area contributed by atoms with Gasteiger partial charge in [-0.3, -0.25) is 0 Å². The third-order valence-electron chi connectivity index (χ3n) is 2.65. The van der Waals surface area contributed by atoms with E-state index in [1.165, 1.54) is 8.61 Å². The monoisotopic (exact) mass is 221 g/mol. The third kappa shape index (κ3) is 2.44. The molecule has 0 radical (unpaired) electrons. The minimum absolute atomic E-state index is 0.210. The summed E-state index contributed by atoms with van der Waals surface area (Å²) < 4.78 is 26.1. The molecule has 2 N–H and O–H groups in total. The predicted molar refractivity (Wildman–Crippen MR) is 56.0 cm³/mol. The van der Waals surface area contributed by atoms with E-state index in [4.69, 9.17) is 5.73 Å². The molecule has 0 amide bonds. The summed E-state index contributed by atoms with van der Waals surface area (Å²) in [4.78, 5) is 0. The van der Waals surface area contributed by atoms with Crippen LogP contribution in [0.2, 0.25) is 0 Å². The van der Waals surface area contributed by atoms with E-state index in [-0.39, 0.29) is 5.54 Å². The van der Waals surface area contributed by atoms with Crippen molar-refractivity contribution >= 4 is 10.2 Å². The molecule has 1 aliphatic heterocycles. The summed E-state index contributed by atoms with van der Waals surface area (Å²) in [5.74, 6) is 0. The van der Waals surface area contributed by atoms with Gasteiger partial charge in [0.25, 0.3) is 10.2 Å². The minimum atomic E-state index is -3.24. The summed E-state index contributed by atoms with van der Waals surface area (Å²) in [7, 11) is -0.145. The topological polar surface area (TPSA) is 66.6 Å². The zero-order chi connectivity index (χ0) is 11.0. The molecule has 0 spiro atoms. The van der Waals surface area contributed by atoms with E-state index in [9.17, 15) is 8.42 Å². The number of hydrogen-bond donors (Lipinski definition) is 1. The van der Waals surface area contributed by atoms with Crippen molar-refractivity contribution in [3.63, 3.8) is 0 Å². The summed E-state index contributed by atoms with van der Waals surface area (Å²) in [5.41, 5.74) is 5.71. The van der Waals surface area contributed by atoms with Crippen LogP contribution in [0, 0.1) is 0 Å². The first-order valence-electron chi connectivity index (χ1n) is 4.72. The van der Waals surface area contributed by atoms with E-state index in [0.717, 1.165) is 12.8 Å². The maximum atomic E-state index is 11.7. The molecule has 0 aromatic carbocycles. The van der Waals surface area contributed by atoms with E-state index < -0.39 is 10.2 Å². The molecule has 1 saturated heterocycles. The van der Waals surface area contributed by atoms with Crippen LogP contribution in [0.15, 0.2) is 0 Å². The number of piperidine rings is 1. The Morgan fingerprint density at radius 1 is 1.29 bits per heavy atom. The van der Waals surface area contributed by atoms with Crippen molar-refractivity contribution in [1.29, 1.82) is 0 Å². The molecule has 0 bridgehead atoms. The molecule has 1 heterocycles. The van der Waals surface area contributed by atoms with E-state index in [1.54, 1.807) is 14.1 Å². The van der Waals surface area contributed by atoms with Gasteiger partial charge >= 0.3 is 0 Å². The van der Waals surface area contributed by atoms with Gasteiger partial charge < -0.3 is 5.73 Å². The van der Waals surface area contributed by atoms with Crippen LogP contribution < -0.4 is 5.73 Å². The predicted octanol–water partition coefficient (Wildman–Crippen LogP) is -0.394. The molecule has 0 unspecified atom stereocenters. The lowest BCUT2D eigenvalue weighted by atomic mass is 9.92. The van der Waals surface area contributed by atoms with Crippen molar-refractivity contribution < 1.29 is 8.42 Å². The van der Waals surface area contributed by atoms with Crippen LogP contribution in [0.1, 0.15) is 19.8 Å². The largest absolute Gasteiger partial charge is 0.325 e. The van der Waals surface area contributed by atoms with E-state index in [2.05, 4.69) is 0 Å². The van der Waals surface area contributed by atoms with Gasteiger partial charge in [0.1, 0.15) is 0 Å². The van der Waals surface area contributed by atoms with Crippen LogP contribution >= 0.6 is 0 Å². The van der Waals surface area contributed by atoms with Crippen molar-refractivity contribution in [3.05, 3.63) is 0 Å². The van der Waals surface area contributed by atoms with Crippen molar-refractivity contribution in [3.8, 4) is 0 Å².